The molecule has 0 saturated carbocycles. The molecule has 0 N–H and O–H groups in total. The summed E-state index contributed by atoms with van der Waals surface area (Å²) in [5, 5.41) is 7.20. The first-order valence-corrected chi connectivity index (χ1v) is 3.67. The minimum absolute atomic E-state index is 0.720. The van der Waals surface area contributed by atoms with Crippen LogP contribution in [0.2, 0.25) is 0 Å². The average molecular weight is 165 g/mol. The Balaban J connectivity index is 2.35. The van der Waals surface area contributed by atoms with Crippen LogP contribution in [-0.2, 0) is 6.54 Å². The number of nitrogens with zero attached hydrogens (tertiary/aromatic N) is 3. The van der Waals surface area contributed by atoms with Gasteiger partial charge in [-0.3, -0.25) is 4.90 Å². The maximum Gasteiger partial charge on any atom is 0.119 e. The van der Waals surface area contributed by atoms with Gasteiger partial charge in [0.05, 0.1) is 12.7 Å². The molecule has 12 heavy (non-hydrogen) atoms. The Bertz CT molecular complexity index is 270. The quantitative estimate of drug-likeness (QED) is 0.612. The Hall–Kier alpha value is -1.34. The fourth-order valence-corrected chi connectivity index (χ4v) is 0.800. The van der Waals surface area contributed by atoms with Crippen LogP contribution in [0.5, 0.6) is 0 Å². The Morgan fingerprint density at radius 2 is 2.50 bits per heavy atom. The minimum atomic E-state index is 0.720. The zero-order valence-corrected chi connectivity index (χ0v) is 7.24. The van der Waals surface area contributed by atoms with E-state index in [0.717, 1.165) is 18.8 Å². The molecule has 0 radical (unpaired) electrons. The Morgan fingerprint density at radius 1 is 1.67 bits per heavy atom. The van der Waals surface area contributed by atoms with Crippen molar-refractivity contribution < 1.29 is 4.63 Å². The van der Waals surface area contributed by atoms with Crippen molar-refractivity contribution in [2.24, 2.45) is 0 Å². The number of hydrogen-bond donors (Lipinski definition) is 0. The Kier molecular flexibility index (Phi) is 3.30. The van der Waals surface area contributed by atoms with Crippen molar-refractivity contribution in [1.29, 1.82) is 0 Å². The van der Waals surface area contributed by atoms with E-state index in [1.54, 1.807) is 6.20 Å². The molecule has 0 aliphatic heterocycles. The lowest BCUT2D eigenvalue weighted by atomic mass is 10.4. The fourth-order valence-electron chi connectivity index (χ4n) is 0.800. The lowest BCUT2D eigenvalue weighted by molar-refractivity contribution is 0.291. The van der Waals surface area contributed by atoms with Crippen molar-refractivity contribution in [3.63, 3.8) is 0 Å². The number of hydrogen-bond acceptors (Lipinski definition) is 4. The van der Waals surface area contributed by atoms with Gasteiger partial charge in [0.1, 0.15) is 5.69 Å². The van der Waals surface area contributed by atoms with Crippen LogP contribution in [0, 0.1) is 11.8 Å². The second-order valence-electron chi connectivity index (χ2n) is 2.50. The first-order chi connectivity index (χ1) is 5.83. The van der Waals surface area contributed by atoms with Crippen molar-refractivity contribution in [2.75, 3.05) is 13.6 Å². The molecule has 4 heteroatoms. The molecule has 64 valence electrons. The third kappa shape index (κ3) is 2.72. The lowest BCUT2D eigenvalue weighted by Gasteiger charge is -2.09. The highest BCUT2D eigenvalue weighted by Crippen LogP contribution is 1.95. The average Bonchev–Trinajstić information content (AvgIpc) is 2.53. The minimum Gasteiger partial charge on any atom is -0.289 e. The summed E-state index contributed by atoms with van der Waals surface area (Å²) in [6, 6.07) is 0. The molecule has 0 fully saturated rings. The van der Waals surface area contributed by atoms with E-state index >= 15 is 0 Å². The second kappa shape index (κ2) is 4.52. The molecule has 0 bridgehead atoms. The molecule has 0 spiro atoms. The molecule has 0 aliphatic rings. The van der Waals surface area contributed by atoms with Gasteiger partial charge in [0.15, 0.2) is 0 Å². The lowest BCUT2D eigenvalue weighted by Crippen LogP contribution is -2.17. The van der Waals surface area contributed by atoms with Gasteiger partial charge in [0.25, 0.3) is 0 Å². The van der Waals surface area contributed by atoms with E-state index in [0.29, 0.717) is 0 Å². The van der Waals surface area contributed by atoms with Crippen molar-refractivity contribution in [3.8, 4) is 11.8 Å². The largest absolute Gasteiger partial charge is 0.289 e. The molecular formula is C8H11N3O. The number of aromatic nitrogens is 2. The second-order valence-corrected chi connectivity index (χ2v) is 2.50. The van der Waals surface area contributed by atoms with Gasteiger partial charge < -0.3 is 0 Å². The van der Waals surface area contributed by atoms with Gasteiger partial charge in [-0.2, -0.15) is 0 Å². The molecule has 4 nitrogen and oxygen atoms in total. The van der Waals surface area contributed by atoms with E-state index < -0.39 is 0 Å². The summed E-state index contributed by atoms with van der Waals surface area (Å²) in [6.07, 6.45) is 1.61. The van der Waals surface area contributed by atoms with Crippen LogP contribution >= 0.6 is 0 Å². The predicted molar refractivity (Wildman–Crippen MR) is 44.1 cm³/mol. The fraction of sp³-hybridized carbons (Fsp3) is 0.500. The van der Waals surface area contributed by atoms with E-state index in [1.807, 2.05) is 18.9 Å². The summed E-state index contributed by atoms with van der Waals surface area (Å²) in [5.74, 6) is 5.78. The van der Waals surface area contributed by atoms with Gasteiger partial charge >= 0.3 is 0 Å². The first-order valence-electron chi connectivity index (χ1n) is 3.67. The molecule has 0 aliphatic carbocycles. The molecule has 0 saturated heterocycles. The highest BCUT2D eigenvalue weighted by molar-refractivity contribution is 4.98. The van der Waals surface area contributed by atoms with Crippen molar-refractivity contribution >= 4 is 0 Å². The third-order valence-corrected chi connectivity index (χ3v) is 1.36. The molecule has 0 unspecified atom stereocenters. The van der Waals surface area contributed by atoms with E-state index in [1.165, 1.54) is 0 Å². The van der Waals surface area contributed by atoms with Crippen LogP contribution in [0.3, 0.4) is 0 Å². The summed E-state index contributed by atoms with van der Waals surface area (Å²) < 4.78 is 4.46. The van der Waals surface area contributed by atoms with Crippen LogP contribution in [-0.4, -0.2) is 28.8 Å². The van der Waals surface area contributed by atoms with E-state index in [9.17, 15) is 0 Å². The SMILES string of the molecule is CC#CCN(C)Cc1cnon1. The van der Waals surface area contributed by atoms with Gasteiger partial charge in [-0.15, -0.1) is 5.92 Å². The molecule has 0 atom stereocenters. The van der Waals surface area contributed by atoms with Crippen molar-refractivity contribution in [1.82, 2.24) is 15.2 Å². The zero-order valence-electron chi connectivity index (χ0n) is 7.24. The van der Waals surface area contributed by atoms with E-state index in [4.69, 9.17) is 0 Å². The summed E-state index contributed by atoms with van der Waals surface area (Å²) in [5.41, 5.74) is 0.829. The molecular weight excluding hydrogens is 154 g/mol. The first kappa shape index (κ1) is 8.75. The molecule has 1 aromatic heterocycles. The molecule has 0 aromatic carbocycles. The molecule has 1 aromatic rings. The van der Waals surface area contributed by atoms with Crippen LogP contribution in [0.25, 0.3) is 0 Å². The summed E-state index contributed by atoms with van der Waals surface area (Å²) in [7, 11) is 1.97. The van der Waals surface area contributed by atoms with Crippen molar-refractivity contribution in [2.45, 2.75) is 13.5 Å². The Morgan fingerprint density at radius 3 is 3.08 bits per heavy atom. The van der Waals surface area contributed by atoms with Gasteiger partial charge in [-0.25, -0.2) is 4.63 Å². The Labute approximate surface area is 71.5 Å². The van der Waals surface area contributed by atoms with Crippen LogP contribution < -0.4 is 0 Å². The van der Waals surface area contributed by atoms with Crippen LogP contribution in [0.4, 0.5) is 0 Å². The maximum absolute atomic E-state index is 4.46. The molecule has 1 heterocycles. The molecule has 0 amide bonds. The normalized spacial score (nSPS) is 9.58. The van der Waals surface area contributed by atoms with Crippen LogP contribution in [0.1, 0.15) is 12.6 Å². The molecule has 1 rings (SSSR count). The van der Waals surface area contributed by atoms with E-state index in [-0.39, 0.29) is 0 Å². The number of rotatable bonds is 3. The third-order valence-electron chi connectivity index (χ3n) is 1.36. The highest BCUT2D eigenvalue weighted by Gasteiger charge is 2.00. The summed E-state index contributed by atoms with van der Waals surface area (Å²) in [4.78, 5) is 2.04. The zero-order chi connectivity index (χ0) is 8.81. The maximum atomic E-state index is 4.46. The van der Waals surface area contributed by atoms with Crippen molar-refractivity contribution in [3.05, 3.63) is 11.9 Å². The monoisotopic (exact) mass is 165 g/mol. The van der Waals surface area contributed by atoms with Gasteiger partial charge in [0.2, 0.25) is 0 Å². The summed E-state index contributed by atoms with van der Waals surface area (Å²) >= 11 is 0. The highest BCUT2D eigenvalue weighted by atomic mass is 16.6. The topological polar surface area (TPSA) is 42.2 Å². The predicted octanol–water partition coefficient (Wildman–Crippen LogP) is 0.525. The van der Waals surface area contributed by atoms with Gasteiger partial charge in [0, 0.05) is 6.54 Å². The smallest absolute Gasteiger partial charge is 0.119 e. The van der Waals surface area contributed by atoms with Gasteiger partial charge in [-0.05, 0) is 14.0 Å². The summed E-state index contributed by atoms with van der Waals surface area (Å²) in [6.45, 7) is 3.28. The van der Waals surface area contributed by atoms with Crippen LogP contribution in [0.15, 0.2) is 10.8 Å². The standard InChI is InChI=1S/C8H11N3O/c1-3-4-5-11(2)7-8-6-9-12-10-8/h6H,5,7H2,1-2H3. The van der Waals surface area contributed by atoms with Gasteiger partial charge in [-0.1, -0.05) is 16.2 Å². The van der Waals surface area contributed by atoms with E-state index in [2.05, 4.69) is 26.8 Å².